The maximum Gasteiger partial charge on any atom is 0.310 e. The number of fused-ring (bicyclic) bond motifs is 1. The first-order valence-electron chi connectivity index (χ1n) is 4.74. The highest BCUT2D eigenvalue weighted by Gasteiger charge is 2.32. The lowest BCUT2D eigenvalue weighted by atomic mass is 9.86. The first kappa shape index (κ1) is 10.3. The number of carboxylic acids is 1. The second-order valence-electron chi connectivity index (χ2n) is 3.73. The van der Waals surface area contributed by atoms with Crippen LogP contribution in [0.4, 0.5) is 0 Å². The standard InChI is InChI=1S/C11H11ClO3/c1-6-8-3-2-7(12)4-10(8)15-5-9(6)11(13)14/h2-4,6,9H,5H2,1H3,(H,13,14). The topological polar surface area (TPSA) is 46.5 Å². The van der Waals surface area contributed by atoms with Gasteiger partial charge in [0.05, 0.1) is 5.92 Å². The van der Waals surface area contributed by atoms with E-state index in [1.165, 1.54) is 0 Å². The molecule has 3 nitrogen and oxygen atoms in total. The van der Waals surface area contributed by atoms with Crippen LogP contribution in [-0.4, -0.2) is 17.7 Å². The van der Waals surface area contributed by atoms with E-state index >= 15 is 0 Å². The van der Waals surface area contributed by atoms with E-state index in [4.69, 9.17) is 21.4 Å². The summed E-state index contributed by atoms with van der Waals surface area (Å²) in [6.07, 6.45) is 0. The summed E-state index contributed by atoms with van der Waals surface area (Å²) in [5, 5.41) is 9.59. The molecule has 1 aliphatic rings. The summed E-state index contributed by atoms with van der Waals surface area (Å²) in [5.41, 5.74) is 0.915. The van der Waals surface area contributed by atoms with Crippen LogP contribution in [0.25, 0.3) is 0 Å². The van der Waals surface area contributed by atoms with Crippen LogP contribution in [0.15, 0.2) is 18.2 Å². The highest BCUT2D eigenvalue weighted by Crippen LogP contribution is 2.38. The van der Waals surface area contributed by atoms with Crippen molar-refractivity contribution in [3.63, 3.8) is 0 Å². The van der Waals surface area contributed by atoms with Gasteiger partial charge < -0.3 is 9.84 Å². The summed E-state index contributed by atoms with van der Waals surface area (Å²) in [7, 11) is 0. The van der Waals surface area contributed by atoms with Gasteiger partial charge in [-0.25, -0.2) is 0 Å². The molecule has 0 aromatic heterocycles. The number of carbonyl (C=O) groups is 1. The fourth-order valence-electron chi connectivity index (χ4n) is 1.84. The maximum absolute atomic E-state index is 10.9. The molecule has 0 saturated carbocycles. The monoisotopic (exact) mass is 226 g/mol. The first-order valence-corrected chi connectivity index (χ1v) is 5.12. The van der Waals surface area contributed by atoms with E-state index in [-0.39, 0.29) is 12.5 Å². The van der Waals surface area contributed by atoms with E-state index in [0.29, 0.717) is 10.8 Å². The van der Waals surface area contributed by atoms with Crippen LogP contribution in [0.2, 0.25) is 5.02 Å². The van der Waals surface area contributed by atoms with Gasteiger partial charge in [-0.2, -0.15) is 0 Å². The molecule has 2 unspecified atom stereocenters. The third kappa shape index (κ3) is 1.79. The molecular formula is C11H11ClO3. The van der Waals surface area contributed by atoms with E-state index in [0.717, 1.165) is 5.56 Å². The van der Waals surface area contributed by atoms with Gasteiger partial charge in [0.15, 0.2) is 0 Å². The molecule has 4 heteroatoms. The summed E-state index contributed by atoms with van der Waals surface area (Å²) < 4.78 is 5.38. The van der Waals surface area contributed by atoms with Crippen LogP contribution in [0.5, 0.6) is 5.75 Å². The average Bonchev–Trinajstić information content (AvgIpc) is 2.17. The van der Waals surface area contributed by atoms with Crippen molar-refractivity contribution in [3.05, 3.63) is 28.8 Å². The Morgan fingerprint density at radius 1 is 1.60 bits per heavy atom. The number of ether oxygens (including phenoxy) is 1. The van der Waals surface area contributed by atoms with Gasteiger partial charge in [-0.05, 0) is 17.7 Å². The molecule has 0 bridgehead atoms. The smallest absolute Gasteiger partial charge is 0.310 e. The molecule has 1 aromatic rings. The summed E-state index contributed by atoms with van der Waals surface area (Å²) >= 11 is 5.83. The fourth-order valence-corrected chi connectivity index (χ4v) is 2.00. The lowest BCUT2D eigenvalue weighted by Crippen LogP contribution is -2.30. The molecule has 0 saturated heterocycles. The minimum Gasteiger partial charge on any atom is -0.492 e. The Morgan fingerprint density at radius 3 is 3.00 bits per heavy atom. The van der Waals surface area contributed by atoms with Crippen LogP contribution in [0.1, 0.15) is 18.4 Å². The fraction of sp³-hybridized carbons (Fsp3) is 0.364. The second-order valence-corrected chi connectivity index (χ2v) is 4.16. The largest absolute Gasteiger partial charge is 0.492 e. The van der Waals surface area contributed by atoms with E-state index < -0.39 is 11.9 Å². The summed E-state index contributed by atoms with van der Waals surface area (Å²) in [5.74, 6) is -0.627. The van der Waals surface area contributed by atoms with Crippen molar-refractivity contribution in [2.24, 2.45) is 5.92 Å². The Balaban J connectivity index is 2.38. The molecule has 1 N–H and O–H groups in total. The predicted octanol–water partition coefficient (Wildman–Crippen LogP) is 2.54. The van der Waals surface area contributed by atoms with Crippen molar-refractivity contribution in [1.29, 1.82) is 0 Å². The second kappa shape index (κ2) is 3.74. The minimum absolute atomic E-state index is 0.0384. The van der Waals surface area contributed by atoms with Gasteiger partial charge in [0.2, 0.25) is 0 Å². The molecule has 0 fully saturated rings. The van der Waals surface area contributed by atoms with E-state index in [1.807, 2.05) is 13.0 Å². The zero-order chi connectivity index (χ0) is 11.0. The number of carboxylic acid groups (broad SMARTS) is 1. The Kier molecular flexibility index (Phi) is 2.57. The van der Waals surface area contributed by atoms with Crippen LogP contribution < -0.4 is 4.74 Å². The number of hydrogen-bond donors (Lipinski definition) is 1. The molecule has 0 radical (unpaired) electrons. The van der Waals surface area contributed by atoms with Crippen LogP contribution in [0.3, 0.4) is 0 Å². The number of rotatable bonds is 1. The molecule has 1 heterocycles. The summed E-state index contributed by atoms with van der Waals surface area (Å²) in [6.45, 7) is 2.11. The van der Waals surface area contributed by atoms with Gasteiger partial charge >= 0.3 is 5.97 Å². The molecule has 0 aliphatic carbocycles. The lowest BCUT2D eigenvalue weighted by molar-refractivity contribution is -0.144. The molecule has 2 atom stereocenters. The summed E-state index contributed by atoms with van der Waals surface area (Å²) in [6, 6.07) is 5.31. The van der Waals surface area contributed by atoms with E-state index in [9.17, 15) is 4.79 Å². The van der Waals surface area contributed by atoms with Gasteiger partial charge in [-0.15, -0.1) is 0 Å². The lowest BCUT2D eigenvalue weighted by Gasteiger charge is -2.28. The Hall–Kier alpha value is -1.22. The number of hydrogen-bond acceptors (Lipinski definition) is 2. The Morgan fingerprint density at radius 2 is 2.33 bits per heavy atom. The zero-order valence-electron chi connectivity index (χ0n) is 8.24. The highest BCUT2D eigenvalue weighted by molar-refractivity contribution is 6.30. The number of benzene rings is 1. The van der Waals surface area contributed by atoms with Crippen LogP contribution >= 0.6 is 11.6 Å². The molecule has 1 aromatic carbocycles. The van der Waals surface area contributed by atoms with Crippen molar-refractivity contribution >= 4 is 17.6 Å². The van der Waals surface area contributed by atoms with Gasteiger partial charge in [0, 0.05) is 10.9 Å². The Bertz CT molecular complexity index is 403. The predicted molar refractivity (Wildman–Crippen MR) is 56.5 cm³/mol. The number of aliphatic carboxylic acids is 1. The van der Waals surface area contributed by atoms with E-state index in [1.54, 1.807) is 12.1 Å². The third-order valence-corrected chi connectivity index (χ3v) is 3.04. The third-order valence-electron chi connectivity index (χ3n) is 2.81. The molecule has 0 spiro atoms. The SMILES string of the molecule is CC1c2ccc(Cl)cc2OCC1C(=O)O. The maximum atomic E-state index is 10.9. The van der Waals surface area contributed by atoms with Gasteiger partial charge in [0.1, 0.15) is 12.4 Å². The zero-order valence-corrected chi connectivity index (χ0v) is 8.99. The van der Waals surface area contributed by atoms with Gasteiger partial charge in [0.25, 0.3) is 0 Å². The van der Waals surface area contributed by atoms with Crippen molar-refractivity contribution in [1.82, 2.24) is 0 Å². The van der Waals surface area contributed by atoms with Crippen LogP contribution in [-0.2, 0) is 4.79 Å². The van der Waals surface area contributed by atoms with Gasteiger partial charge in [-0.1, -0.05) is 24.6 Å². The molecule has 2 rings (SSSR count). The van der Waals surface area contributed by atoms with Crippen molar-refractivity contribution in [3.8, 4) is 5.75 Å². The van der Waals surface area contributed by atoms with E-state index in [2.05, 4.69) is 0 Å². The molecule has 15 heavy (non-hydrogen) atoms. The van der Waals surface area contributed by atoms with Crippen molar-refractivity contribution in [2.75, 3.05) is 6.61 Å². The minimum atomic E-state index is -0.817. The average molecular weight is 227 g/mol. The van der Waals surface area contributed by atoms with Gasteiger partial charge in [-0.3, -0.25) is 4.79 Å². The van der Waals surface area contributed by atoms with Crippen LogP contribution in [0, 0.1) is 5.92 Å². The molecule has 80 valence electrons. The highest BCUT2D eigenvalue weighted by atomic mass is 35.5. The first-order chi connectivity index (χ1) is 7.09. The van der Waals surface area contributed by atoms with Crippen molar-refractivity contribution < 1.29 is 14.6 Å². The molecule has 0 amide bonds. The molecule has 1 aliphatic heterocycles. The summed E-state index contributed by atoms with van der Waals surface area (Å²) in [4.78, 5) is 10.9. The number of halogens is 1. The normalized spacial score (nSPS) is 24.1. The molecular weight excluding hydrogens is 216 g/mol. The Labute approximate surface area is 92.6 Å². The quantitative estimate of drug-likeness (QED) is 0.801. The van der Waals surface area contributed by atoms with Crippen molar-refractivity contribution in [2.45, 2.75) is 12.8 Å².